The number of thiazole rings is 1. The lowest BCUT2D eigenvalue weighted by molar-refractivity contribution is -0.132. The van der Waals surface area contributed by atoms with E-state index in [-0.39, 0.29) is 21.8 Å². The van der Waals surface area contributed by atoms with E-state index in [4.69, 9.17) is 4.74 Å². The Kier molecular flexibility index (Phi) is 5.78. The molecule has 1 atom stereocenters. The summed E-state index contributed by atoms with van der Waals surface area (Å²) in [7, 11) is 0. The number of benzene rings is 3. The molecule has 0 spiro atoms. The standard InChI is InChI=1S/C26H18F2N2O4S/c1-2-34-16-11-12-19-20(13-16)35-26(29-19)30-22(17-5-3-4-6-18(17)28)21(24(32)25(30)33)23(31)14-7-9-15(27)10-8-14/h3-13,22,31H,2H2,1H3. The van der Waals surface area contributed by atoms with E-state index in [9.17, 15) is 23.5 Å². The highest BCUT2D eigenvalue weighted by atomic mass is 32.1. The molecule has 4 aromatic rings. The summed E-state index contributed by atoms with van der Waals surface area (Å²) in [6.07, 6.45) is 0. The minimum atomic E-state index is -1.27. The van der Waals surface area contributed by atoms with Gasteiger partial charge in [0.15, 0.2) is 5.13 Å². The van der Waals surface area contributed by atoms with Crippen LogP contribution in [-0.2, 0) is 9.59 Å². The molecule has 0 aliphatic carbocycles. The Hall–Kier alpha value is -4.11. The first kappa shape index (κ1) is 22.7. The number of fused-ring (bicyclic) bond motifs is 1. The molecule has 9 heteroatoms. The second kappa shape index (κ2) is 8.92. The topological polar surface area (TPSA) is 79.7 Å². The number of amides is 1. The third-order valence-corrected chi connectivity index (χ3v) is 6.65. The number of anilines is 1. The van der Waals surface area contributed by atoms with Gasteiger partial charge in [0, 0.05) is 11.1 Å². The number of aromatic nitrogens is 1. The van der Waals surface area contributed by atoms with Crippen molar-refractivity contribution in [2.45, 2.75) is 13.0 Å². The van der Waals surface area contributed by atoms with Gasteiger partial charge in [-0.3, -0.25) is 14.5 Å². The summed E-state index contributed by atoms with van der Waals surface area (Å²) in [5, 5.41) is 11.2. The summed E-state index contributed by atoms with van der Waals surface area (Å²) >= 11 is 1.14. The van der Waals surface area contributed by atoms with Crippen LogP contribution >= 0.6 is 11.3 Å². The maximum Gasteiger partial charge on any atom is 0.301 e. The van der Waals surface area contributed by atoms with Crippen molar-refractivity contribution in [1.29, 1.82) is 0 Å². The Balaban J connectivity index is 1.71. The van der Waals surface area contributed by atoms with Crippen LogP contribution in [0.5, 0.6) is 5.75 Å². The van der Waals surface area contributed by atoms with Crippen molar-refractivity contribution in [2.75, 3.05) is 11.5 Å². The number of carbonyl (C=O) groups is 2. The van der Waals surface area contributed by atoms with E-state index in [0.717, 1.165) is 28.4 Å². The number of rotatable bonds is 5. The van der Waals surface area contributed by atoms with Gasteiger partial charge in [-0.05, 0) is 55.5 Å². The van der Waals surface area contributed by atoms with Crippen LogP contribution in [0.3, 0.4) is 0 Å². The number of carbonyl (C=O) groups excluding carboxylic acids is 2. The summed E-state index contributed by atoms with van der Waals surface area (Å²) < 4.78 is 34.6. The average molecular weight is 493 g/mol. The number of hydrogen-bond donors (Lipinski definition) is 1. The molecule has 6 nitrogen and oxygen atoms in total. The van der Waals surface area contributed by atoms with Crippen LogP contribution < -0.4 is 9.64 Å². The van der Waals surface area contributed by atoms with Gasteiger partial charge in [-0.2, -0.15) is 0 Å². The molecule has 0 radical (unpaired) electrons. The van der Waals surface area contributed by atoms with Crippen LogP contribution in [0.1, 0.15) is 24.1 Å². The van der Waals surface area contributed by atoms with E-state index in [1.165, 1.54) is 30.3 Å². The Morgan fingerprint density at radius 1 is 1.09 bits per heavy atom. The van der Waals surface area contributed by atoms with Crippen LogP contribution in [0.4, 0.5) is 13.9 Å². The van der Waals surface area contributed by atoms with Gasteiger partial charge in [0.1, 0.15) is 29.2 Å². The van der Waals surface area contributed by atoms with Crippen molar-refractivity contribution in [1.82, 2.24) is 4.98 Å². The predicted octanol–water partition coefficient (Wildman–Crippen LogP) is 5.60. The lowest BCUT2D eigenvalue weighted by atomic mass is 9.95. The molecule has 1 aromatic heterocycles. The van der Waals surface area contributed by atoms with E-state index in [0.29, 0.717) is 22.6 Å². The largest absolute Gasteiger partial charge is 0.507 e. The SMILES string of the molecule is CCOc1ccc2nc(N3C(=O)C(=O)C(=C(O)c4ccc(F)cc4)C3c3ccccc3F)sc2c1. The average Bonchev–Trinajstić information content (AvgIpc) is 3.37. The van der Waals surface area contributed by atoms with Crippen LogP contribution in [0.25, 0.3) is 16.0 Å². The maximum absolute atomic E-state index is 15.0. The molecule has 1 amide bonds. The number of ketones is 1. The van der Waals surface area contributed by atoms with Gasteiger partial charge in [-0.15, -0.1) is 0 Å². The highest BCUT2D eigenvalue weighted by Gasteiger charge is 2.49. The van der Waals surface area contributed by atoms with Gasteiger partial charge in [-0.1, -0.05) is 29.5 Å². The second-order valence-electron chi connectivity index (χ2n) is 7.76. The lowest BCUT2D eigenvalue weighted by Crippen LogP contribution is -2.29. The van der Waals surface area contributed by atoms with E-state index in [1.54, 1.807) is 24.3 Å². The van der Waals surface area contributed by atoms with Crippen LogP contribution in [0.15, 0.2) is 72.3 Å². The van der Waals surface area contributed by atoms with E-state index in [1.807, 2.05) is 6.92 Å². The first-order valence-electron chi connectivity index (χ1n) is 10.7. The third kappa shape index (κ3) is 3.93. The number of Topliss-reactive ketones (excluding diaryl/α,β-unsaturated/α-hetero) is 1. The van der Waals surface area contributed by atoms with Crippen molar-refractivity contribution in [3.05, 3.63) is 95.1 Å². The van der Waals surface area contributed by atoms with Gasteiger partial charge >= 0.3 is 5.91 Å². The second-order valence-corrected chi connectivity index (χ2v) is 8.77. The van der Waals surface area contributed by atoms with Crippen LogP contribution in [-0.4, -0.2) is 28.4 Å². The summed E-state index contributed by atoms with van der Waals surface area (Å²) in [4.78, 5) is 32.0. The van der Waals surface area contributed by atoms with Gasteiger partial charge in [-0.25, -0.2) is 13.8 Å². The smallest absolute Gasteiger partial charge is 0.301 e. The zero-order chi connectivity index (χ0) is 24.7. The van der Waals surface area contributed by atoms with Gasteiger partial charge in [0.25, 0.3) is 5.78 Å². The fraction of sp³-hybridized carbons (Fsp3) is 0.115. The minimum absolute atomic E-state index is 0.0182. The molecule has 1 saturated heterocycles. The lowest BCUT2D eigenvalue weighted by Gasteiger charge is -2.23. The molecule has 0 saturated carbocycles. The first-order chi connectivity index (χ1) is 16.9. The summed E-state index contributed by atoms with van der Waals surface area (Å²) in [6, 6.07) is 14.5. The third-order valence-electron chi connectivity index (χ3n) is 5.63. The van der Waals surface area contributed by atoms with Gasteiger partial charge in [0.2, 0.25) is 0 Å². The minimum Gasteiger partial charge on any atom is -0.507 e. The zero-order valence-corrected chi connectivity index (χ0v) is 19.2. The molecule has 1 N–H and O–H groups in total. The predicted molar refractivity (Wildman–Crippen MR) is 128 cm³/mol. The monoisotopic (exact) mass is 492 g/mol. The number of nitrogens with zero attached hydrogens (tertiary/aromatic N) is 2. The van der Waals surface area contributed by atoms with Crippen molar-refractivity contribution in [2.24, 2.45) is 0 Å². The number of hydrogen-bond acceptors (Lipinski definition) is 6. The number of halogens is 2. The van der Waals surface area contributed by atoms with Crippen molar-refractivity contribution in [3.63, 3.8) is 0 Å². The molecule has 3 aromatic carbocycles. The highest BCUT2D eigenvalue weighted by Crippen LogP contribution is 2.45. The Morgan fingerprint density at radius 3 is 2.54 bits per heavy atom. The van der Waals surface area contributed by atoms with E-state index >= 15 is 0 Å². The molecule has 176 valence electrons. The fourth-order valence-electron chi connectivity index (χ4n) is 4.04. The van der Waals surface area contributed by atoms with Crippen molar-refractivity contribution in [3.8, 4) is 5.75 Å². The molecule has 1 aliphatic heterocycles. The van der Waals surface area contributed by atoms with Gasteiger partial charge < -0.3 is 9.84 Å². The molecule has 5 rings (SSSR count). The molecule has 1 unspecified atom stereocenters. The summed E-state index contributed by atoms with van der Waals surface area (Å²) in [5.41, 5.74) is 0.406. The normalized spacial score (nSPS) is 17.3. The Bertz CT molecular complexity index is 1500. The Morgan fingerprint density at radius 2 is 1.83 bits per heavy atom. The number of aliphatic hydroxyl groups excluding tert-OH is 1. The highest BCUT2D eigenvalue weighted by molar-refractivity contribution is 7.22. The first-order valence-corrected chi connectivity index (χ1v) is 11.6. The quantitative estimate of drug-likeness (QED) is 0.223. The number of ether oxygens (including phenoxy) is 1. The van der Waals surface area contributed by atoms with Crippen molar-refractivity contribution >= 4 is 44.1 Å². The van der Waals surface area contributed by atoms with E-state index < -0.39 is 35.1 Å². The Labute approximate surface area is 202 Å². The molecule has 2 heterocycles. The molecule has 1 aliphatic rings. The molecule has 35 heavy (non-hydrogen) atoms. The maximum atomic E-state index is 15.0. The molecular weight excluding hydrogens is 474 g/mol. The van der Waals surface area contributed by atoms with Gasteiger partial charge in [0.05, 0.1) is 22.4 Å². The number of aliphatic hydroxyl groups is 1. The summed E-state index contributed by atoms with van der Waals surface area (Å²) in [6.45, 7) is 2.33. The van der Waals surface area contributed by atoms with Crippen LogP contribution in [0, 0.1) is 11.6 Å². The summed E-state index contributed by atoms with van der Waals surface area (Å²) in [5.74, 6) is -3.04. The molecular formula is C26H18F2N2O4S. The molecule has 1 fully saturated rings. The van der Waals surface area contributed by atoms with Crippen molar-refractivity contribution < 1.29 is 28.2 Å². The van der Waals surface area contributed by atoms with E-state index in [2.05, 4.69) is 4.98 Å². The fourth-order valence-corrected chi connectivity index (χ4v) is 5.06. The van der Waals surface area contributed by atoms with Crippen LogP contribution in [0.2, 0.25) is 0 Å². The zero-order valence-electron chi connectivity index (χ0n) is 18.4. The molecule has 0 bridgehead atoms.